The van der Waals surface area contributed by atoms with Gasteiger partial charge >= 0.3 is 17.9 Å². The molecule has 9 heteroatoms. The average Bonchev–Trinajstić information content (AvgIpc) is 2.59. The monoisotopic (exact) mass is 382 g/mol. The first-order valence-electron chi connectivity index (χ1n) is 8.24. The maximum absolute atomic E-state index is 11.6. The van der Waals surface area contributed by atoms with E-state index in [4.69, 9.17) is 28.4 Å². The van der Waals surface area contributed by atoms with E-state index in [1.807, 2.05) is 0 Å². The first-order valence-corrected chi connectivity index (χ1v) is 8.24. The van der Waals surface area contributed by atoms with Crippen molar-refractivity contribution in [2.75, 3.05) is 13.7 Å². The second-order valence-electron chi connectivity index (χ2n) is 5.79. The highest BCUT2D eigenvalue weighted by atomic mass is 16.7. The van der Waals surface area contributed by atoms with Crippen molar-refractivity contribution in [3.63, 3.8) is 0 Å². The number of carbonyl (C=O) groups is 3. The standard InChI is InChI=1S/C18H22O9/c1-10(19)24-15-9-23-18(27-14-7-5-13(22-4)6-8-14)17(26-12(3)21)16(15)25-11(2)20/h5-8,15-18H,9H2,1-4H3/t15-,16+,17-,18+/m1/s1. The van der Waals surface area contributed by atoms with Gasteiger partial charge in [0.1, 0.15) is 11.5 Å². The zero-order chi connectivity index (χ0) is 20.0. The van der Waals surface area contributed by atoms with E-state index in [0.717, 1.165) is 0 Å². The van der Waals surface area contributed by atoms with Crippen LogP contribution in [0.4, 0.5) is 0 Å². The van der Waals surface area contributed by atoms with E-state index >= 15 is 0 Å². The van der Waals surface area contributed by atoms with Gasteiger partial charge in [-0.1, -0.05) is 0 Å². The second kappa shape index (κ2) is 9.22. The third kappa shape index (κ3) is 5.85. The molecule has 0 saturated carbocycles. The smallest absolute Gasteiger partial charge is 0.303 e. The molecule has 1 aliphatic rings. The van der Waals surface area contributed by atoms with Crippen molar-refractivity contribution in [2.45, 2.75) is 45.4 Å². The Morgan fingerprint density at radius 1 is 0.852 bits per heavy atom. The van der Waals surface area contributed by atoms with Crippen molar-refractivity contribution >= 4 is 17.9 Å². The summed E-state index contributed by atoms with van der Waals surface area (Å²) in [7, 11) is 1.54. The fourth-order valence-corrected chi connectivity index (χ4v) is 2.60. The zero-order valence-electron chi connectivity index (χ0n) is 15.5. The third-order valence-electron chi connectivity index (χ3n) is 3.62. The van der Waals surface area contributed by atoms with E-state index < -0.39 is 42.5 Å². The number of carbonyl (C=O) groups excluding carboxylic acids is 3. The Kier molecular flexibility index (Phi) is 7.00. The summed E-state index contributed by atoms with van der Waals surface area (Å²) < 4.78 is 32.1. The van der Waals surface area contributed by atoms with E-state index in [1.165, 1.54) is 27.9 Å². The molecule has 1 saturated heterocycles. The van der Waals surface area contributed by atoms with Crippen molar-refractivity contribution < 1.29 is 42.8 Å². The van der Waals surface area contributed by atoms with Crippen LogP contribution in [0.2, 0.25) is 0 Å². The van der Waals surface area contributed by atoms with E-state index in [9.17, 15) is 14.4 Å². The molecule has 0 bridgehead atoms. The Labute approximate surface area is 156 Å². The normalized spacial score (nSPS) is 24.4. The van der Waals surface area contributed by atoms with Crippen molar-refractivity contribution in [3.8, 4) is 11.5 Å². The molecule has 0 aromatic heterocycles. The topological polar surface area (TPSA) is 107 Å². The maximum atomic E-state index is 11.6. The van der Waals surface area contributed by atoms with Crippen LogP contribution in [0.25, 0.3) is 0 Å². The van der Waals surface area contributed by atoms with Gasteiger partial charge in [-0.25, -0.2) is 0 Å². The van der Waals surface area contributed by atoms with Gasteiger partial charge in [-0.2, -0.15) is 0 Å². The first kappa shape index (κ1) is 20.5. The molecule has 1 fully saturated rings. The molecular weight excluding hydrogens is 360 g/mol. The predicted octanol–water partition coefficient (Wildman–Crippen LogP) is 1.23. The number of rotatable bonds is 6. The Morgan fingerprint density at radius 3 is 1.89 bits per heavy atom. The van der Waals surface area contributed by atoms with Gasteiger partial charge in [-0.05, 0) is 24.3 Å². The Balaban J connectivity index is 2.24. The van der Waals surface area contributed by atoms with Crippen LogP contribution < -0.4 is 9.47 Å². The average molecular weight is 382 g/mol. The molecule has 9 nitrogen and oxygen atoms in total. The highest BCUT2D eigenvalue weighted by Crippen LogP contribution is 2.27. The second-order valence-corrected chi connectivity index (χ2v) is 5.79. The van der Waals surface area contributed by atoms with Gasteiger partial charge in [0.2, 0.25) is 12.4 Å². The quantitative estimate of drug-likeness (QED) is 0.530. The molecule has 1 heterocycles. The Bertz CT molecular complexity index is 670. The highest BCUT2D eigenvalue weighted by Gasteiger charge is 2.48. The number of methoxy groups -OCH3 is 1. The lowest BCUT2D eigenvalue weighted by molar-refractivity contribution is -0.259. The molecule has 2 rings (SSSR count). The lowest BCUT2D eigenvalue weighted by atomic mass is 10.0. The van der Waals surface area contributed by atoms with Gasteiger partial charge in [0, 0.05) is 20.8 Å². The fourth-order valence-electron chi connectivity index (χ4n) is 2.60. The minimum Gasteiger partial charge on any atom is -0.497 e. The molecule has 1 aliphatic heterocycles. The SMILES string of the molecule is COc1ccc(O[C@@H]2OC[C@@H](OC(C)=O)[C@H](OC(C)=O)[C@H]2OC(C)=O)cc1. The largest absolute Gasteiger partial charge is 0.497 e. The summed E-state index contributed by atoms with van der Waals surface area (Å²) in [6.07, 6.45) is -4.22. The molecule has 0 amide bonds. The summed E-state index contributed by atoms with van der Waals surface area (Å²) in [5.41, 5.74) is 0. The predicted molar refractivity (Wildman–Crippen MR) is 90.0 cm³/mol. The van der Waals surface area contributed by atoms with Crippen LogP contribution >= 0.6 is 0 Å². The van der Waals surface area contributed by atoms with E-state index in [0.29, 0.717) is 11.5 Å². The lowest BCUT2D eigenvalue weighted by Crippen LogP contribution is -2.59. The van der Waals surface area contributed by atoms with Crippen LogP contribution in [-0.2, 0) is 33.3 Å². The van der Waals surface area contributed by atoms with Crippen LogP contribution in [0.15, 0.2) is 24.3 Å². The van der Waals surface area contributed by atoms with Gasteiger partial charge in [-0.3, -0.25) is 14.4 Å². The number of ether oxygens (including phenoxy) is 6. The number of benzene rings is 1. The van der Waals surface area contributed by atoms with Crippen LogP contribution in [0.3, 0.4) is 0 Å². The van der Waals surface area contributed by atoms with E-state index in [-0.39, 0.29) is 6.61 Å². The molecule has 0 spiro atoms. The summed E-state index contributed by atoms with van der Waals surface area (Å²) in [5.74, 6) is -0.787. The highest BCUT2D eigenvalue weighted by molar-refractivity contribution is 5.68. The summed E-state index contributed by atoms with van der Waals surface area (Å²) in [5, 5.41) is 0. The molecule has 0 aliphatic carbocycles. The zero-order valence-corrected chi connectivity index (χ0v) is 15.5. The minimum absolute atomic E-state index is 0.101. The Hall–Kier alpha value is -2.81. The van der Waals surface area contributed by atoms with Crippen LogP contribution in [0, 0.1) is 0 Å². The van der Waals surface area contributed by atoms with Crippen LogP contribution in [0.5, 0.6) is 11.5 Å². The molecule has 0 radical (unpaired) electrons. The molecule has 0 N–H and O–H groups in total. The summed E-state index contributed by atoms with van der Waals surface area (Å²) in [6.45, 7) is 3.51. The fraction of sp³-hybridized carbons (Fsp3) is 0.500. The Morgan fingerprint density at radius 2 is 1.37 bits per heavy atom. The molecular formula is C18H22O9. The van der Waals surface area contributed by atoms with Crippen molar-refractivity contribution in [1.82, 2.24) is 0 Å². The molecule has 1 aromatic rings. The van der Waals surface area contributed by atoms with E-state index in [2.05, 4.69) is 0 Å². The summed E-state index contributed by atoms with van der Waals surface area (Å²) in [4.78, 5) is 34.4. The van der Waals surface area contributed by atoms with Crippen molar-refractivity contribution in [3.05, 3.63) is 24.3 Å². The van der Waals surface area contributed by atoms with Gasteiger partial charge < -0.3 is 28.4 Å². The maximum Gasteiger partial charge on any atom is 0.303 e. The van der Waals surface area contributed by atoms with Crippen LogP contribution in [-0.4, -0.2) is 56.2 Å². The van der Waals surface area contributed by atoms with E-state index in [1.54, 1.807) is 24.3 Å². The van der Waals surface area contributed by atoms with Gasteiger partial charge in [-0.15, -0.1) is 0 Å². The molecule has 0 unspecified atom stereocenters. The number of hydrogen-bond acceptors (Lipinski definition) is 9. The first-order chi connectivity index (χ1) is 12.8. The third-order valence-corrected chi connectivity index (χ3v) is 3.62. The molecule has 4 atom stereocenters. The van der Waals surface area contributed by atoms with Crippen molar-refractivity contribution in [1.29, 1.82) is 0 Å². The lowest BCUT2D eigenvalue weighted by Gasteiger charge is -2.40. The summed E-state index contributed by atoms with van der Waals surface area (Å²) in [6, 6.07) is 6.66. The molecule has 27 heavy (non-hydrogen) atoms. The number of hydrogen-bond donors (Lipinski definition) is 0. The molecule has 1 aromatic carbocycles. The van der Waals surface area contributed by atoms with Crippen molar-refractivity contribution in [2.24, 2.45) is 0 Å². The molecule has 148 valence electrons. The van der Waals surface area contributed by atoms with Gasteiger partial charge in [0.15, 0.2) is 12.2 Å². The summed E-state index contributed by atoms with van der Waals surface area (Å²) >= 11 is 0. The van der Waals surface area contributed by atoms with Crippen LogP contribution in [0.1, 0.15) is 20.8 Å². The number of esters is 3. The van der Waals surface area contributed by atoms with Gasteiger partial charge in [0.05, 0.1) is 13.7 Å². The van der Waals surface area contributed by atoms with Gasteiger partial charge in [0.25, 0.3) is 0 Å². The minimum atomic E-state index is -1.13.